The molecule has 0 bridgehead atoms. The lowest BCUT2D eigenvalue weighted by Gasteiger charge is -2.14. The van der Waals surface area contributed by atoms with E-state index in [1.807, 2.05) is 18.2 Å². The van der Waals surface area contributed by atoms with Crippen molar-refractivity contribution in [1.29, 1.82) is 0 Å². The number of rotatable bonds is 8. The first-order valence-corrected chi connectivity index (χ1v) is 7.56. The van der Waals surface area contributed by atoms with Gasteiger partial charge in [-0.05, 0) is 30.0 Å². The highest BCUT2D eigenvalue weighted by Crippen LogP contribution is 2.14. The van der Waals surface area contributed by atoms with Gasteiger partial charge < -0.3 is 9.84 Å². The van der Waals surface area contributed by atoms with Gasteiger partial charge in [0.25, 0.3) is 0 Å². The molecule has 0 saturated heterocycles. The third kappa shape index (κ3) is 6.75. The van der Waals surface area contributed by atoms with E-state index in [1.54, 1.807) is 0 Å². The molecular formula is C18H26O2. The van der Waals surface area contributed by atoms with E-state index in [1.165, 1.54) is 25.7 Å². The van der Waals surface area contributed by atoms with E-state index in [-0.39, 0.29) is 6.61 Å². The number of hydrogen-bond donors (Lipinski definition) is 1. The zero-order chi connectivity index (χ0) is 14.6. The van der Waals surface area contributed by atoms with Gasteiger partial charge in [-0.2, -0.15) is 0 Å². The van der Waals surface area contributed by atoms with Crippen molar-refractivity contribution < 1.29 is 9.84 Å². The van der Waals surface area contributed by atoms with Crippen LogP contribution in [0.3, 0.4) is 0 Å². The van der Waals surface area contributed by atoms with Gasteiger partial charge >= 0.3 is 0 Å². The summed E-state index contributed by atoms with van der Waals surface area (Å²) in [7, 11) is 0. The van der Waals surface area contributed by atoms with E-state index in [9.17, 15) is 0 Å². The van der Waals surface area contributed by atoms with E-state index >= 15 is 0 Å². The second-order valence-electron chi connectivity index (χ2n) is 5.09. The molecule has 1 unspecified atom stereocenters. The minimum absolute atomic E-state index is 0.101. The van der Waals surface area contributed by atoms with Crippen LogP contribution in [0.15, 0.2) is 24.3 Å². The van der Waals surface area contributed by atoms with E-state index in [0.717, 1.165) is 17.7 Å². The Hall–Kier alpha value is -1.30. The lowest BCUT2D eigenvalue weighted by molar-refractivity contribution is 0.0820. The van der Waals surface area contributed by atoms with Crippen LogP contribution in [0.1, 0.15) is 50.7 Å². The summed E-state index contributed by atoms with van der Waals surface area (Å²) in [4.78, 5) is 0. The largest absolute Gasteiger partial charge is 0.384 e. The molecule has 0 aliphatic rings. The van der Waals surface area contributed by atoms with Crippen LogP contribution in [0.2, 0.25) is 0 Å². The molecule has 0 heterocycles. The van der Waals surface area contributed by atoms with Crippen LogP contribution >= 0.6 is 0 Å². The van der Waals surface area contributed by atoms with E-state index in [2.05, 4.69) is 31.8 Å². The predicted octanol–water partition coefficient (Wildman–Crippen LogP) is 3.76. The van der Waals surface area contributed by atoms with Crippen molar-refractivity contribution in [2.24, 2.45) is 5.92 Å². The van der Waals surface area contributed by atoms with Crippen LogP contribution in [0.5, 0.6) is 0 Å². The fourth-order valence-corrected chi connectivity index (χ4v) is 2.12. The second kappa shape index (κ2) is 10.5. The first-order valence-electron chi connectivity index (χ1n) is 7.56. The Morgan fingerprint density at radius 3 is 2.85 bits per heavy atom. The van der Waals surface area contributed by atoms with Crippen molar-refractivity contribution >= 4 is 0 Å². The van der Waals surface area contributed by atoms with Gasteiger partial charge in [0.15, 0.2) is 0 Å². The summed E-state index contributed by atoms with van der Waals surface area (Å²) in [5, 5.41) is 8.70. The number of unbranched alkanes of at least 4 members (excludes halogenated alkanes) is 1. The lowest BCUT2D eigenvalue weighted by Crippen LogP contribution is -2.08. The van der Waals surface area contributed by atoms with E-state index in [0.29, 0.717) is 12.5 Å². The van der Waals surface area contributed by atoms with Crippen LogP contribution in [-0.4, -0.2) is 18.3 Å². The number of benzene rings is 1. The molecule has 0 fully saturated rings. The van der Waals surface area contributed by atoms with Gasteiger partial charge in [-0.15, -0.1) is 0 Å². The Morgan fingerprint density at radius 2 is 2.15 bits per heavy atom. The molecule has 2 heteroatoms. The quantitative estimate of drug-likeness (QED) is 0.731. The molecule has 0 radical (unpaired) electrons. The van der Waals surface area contributed by atoms with Gasteiger partial charge in [0.2, 0.25) is 0 Å². The first kappa shape index (κ1) is 16.8. The number of hydrogen-bond acceptors (Lipinski definition) is 2. The molecular weight excluding hydrogens is 248 g/mol. The van der Waals surface area contributed by atoms with Gasteiger partial charge in [0, 0.05) is 12.2 Å². The molecule has 0 saturated carbocycles. The fraction of sp³-hybridized carbons (Fsp3) is 0.556. The number of ether oxygens (including phenoxy) is 1. The lowest BCUT2D eigenvalue weighted by atomic mass is 10.0. The summed E-state index contributed by atoms with van der Waals surface area (Å²) >= 11 is 0. The summed E-state index contributed by atoms with van der Waals surface area (Å²) in [6.45, 7) is 5.83. The maximum atomic E-state index is 8.70. The Bertz CT molecular complexity index is 429. The van der Waals surface area contributed by atoms with Crippen molar-refractivity contribution in [2.75, 3.05) is 13.2 Å². The first-order chi connectivity index (χ1) is 9.80. The second-order valence-corrected chi connectivity index (χ2v) is 5.09. The third-order valence-corrected chi connectivity index (χ3v) is 3.40. The molecule has 0 aliphatic heterocycles. The summed E-state index contributed by atoms with van der Waals surface area (Å²) < 4.78 is 5.83. The molecule has 110 valence electrons. The van der Waals surface area contributed by atoms with Gasteiger partial charge in [-0.25, -0.2) is 0 Å². The van der Waals surface area contributed by atoms with Crippen molar-refractivity contribution in [2.45, 2.75) is 46.1 Å². The van der Waals surface area contributed by atoms with Crippen LogP contribution < -0.4 is 0 Å². The van der Waals surface area contributed by atoms with Crippen molar-refractivity contribution in [3.63, 3.8) is 0 Å². The van der Waals surface area contributed by atoms with Crippen molar-refractivity contribution in [3.8, 4) is 11.8 Å². The van der Waals surface area contributed by atoms with Gasteiger partial charge in [-0.3, -0.25) is 0 Å². The summed E-state index contributed by atoms with van der Waals surface area (Å²) in [5.74, 6) is 6.25. The molecule has 1 atom stereocenters. The van der Waals surface area contributed by atoms with Crippen LogP contribution in [0.25, 0.3) is 0 Å². The SMILES string of the molecule is CCCCC(CC)COCc1cccc(C#CCO)c1. The molecule has 1 aromatic rings. The highest BCUT2D eigenvalue weighted by molar-refractivity contribution is 5.36. The molecule has 1 rings (SSSR count). The smallest absolute Gasteiger partial charge is 0.104 e. The molecule has 20 heavy (non-hydrogen) atoms. The Labute approximate surface area is 123 Å². The standard InChI is InChI=1S/C18H26O2/c1-3-5-8-16(4-2)14-20-15-18-10-6-9-17(13-18)11-7-12-19/h6,9-10,13,16,19H,3-5,8,12,14-15H2,1-2H3. The summed E-state index contributed by atoms with van der Waals surface area (Å²) in [6.07, 6.45) is 4.98. The molecule has 0 amide bonds. The molecule has 2 nitrogen and oxygen atoms in total. The van der Waals surface area contributed by atoms with Gasteiger partial charge in [0.1, 0.15) is 6.61 Å². The maximum absolute atomic E-state index is 8.70. The van der Waals surface area contributed by atoms with Gasteiger partial charge in [0.05, 0.1) is 6.61 Å². The zero-order valence-corrected chi connectivity index (χ0v) is 12.7. The van der Waals surface area contributed by atoms with Crippen molar-refractivity contribution in [3.05, 3.63) is 35.4 Å². The minimum Gasteiger partial charge on any atom is -0.384 e. The summed E-state index contributed by atoms with van der Waals surface area (Å²) in [5.41, 5.74) is 2.07. The highest BCUT2D eigenvalue weighted by Gasteiger charge is 2.06. The normalized spacial score (nSPS) is 11.8. The van der Waals surface area contributed by atoms with Crippen LogP contribution in [0.4, 0.5) is 0 Å². The van der Waals surface area contributed by atoms with Crippen molar-refractivity contribution in [1.82, 2.24) is 0 Å². The monoisotopic (exact) mass is 274 g/mol. The molecule has 0 spiro atoms. The topological polar surface area (TPSA) is 29.5 Å². The van der Waals surface area contributed by atoms with E-state index < -0.39 is 0 Å². The maximum Gasteiger partial charge on any atom is 0.104 e. The fourth-order valence-electron chi connectivity index (χ4n) is 2.12. The average Bonchev–Trinajstić information content (AvgIpc) is 2.49. The minimum atomic E-state index is -0.101. The molecule has 0 aliphatic carbocycles. The predicted molar refractivity (Wildman–Crippen MR) is 83.4 cm³/mol. The molecule has 0 aromatic heterocycles. The third-order valence-electron chi connectivity index (χ3n) is 3.40. The highest BCUT2D eigenvalue weighted by atomic mass is 16.5. The number of aliphatic hydroxyl groups excluding tert-OH is 1. The van der Waals surface area contributed by atoms with Crippen LogP contribution in [-0.2, 0) is 11.3 Å². The number of aliphatic hydroxyl groups is 1. The zero-order valence-electron chi connectivity index (χ0n) is 12.7. The van der Waals surface area contributed by atoms with E-state index in [4.69, 9.17) is 9.84 Å². The Morgan fingerprint density at radius 1 is 1.30 bits per heavy atom. The van der Waals surface area contributed by atoms with Gasteiger partial charge in [-0.1, -0.05) is 57.1 Å². The molecule has 1 aromatic carbocycles. The average molecular weight is 274 g/mol. The molecule has 1 N–H and O–H groups in total. The summed E-state index contributed by atoms with van der Waals surface area (Å²) in [6, 6.07) is 8.00. The Kier molecular flexibility index (Phi) is 8.78. The van der Waals surface area contributed by atoms with Crippen LogP contribution in [0, 0.1) is 17.8 Å². The Balaban J connectivity index is 2.41.